The molecular formula is C9H6BrClF5N. The van der Waals surface area contributed by atoms with E-state index in [-0.39, 0.29) is 9.50 Å². The zero-order chi connectivity index (χ0) is 13.4. The van der Waals surface area contributed by atoms with E-state index >= 15 is 0 Å². The number of rotatable bonds is 2. The van der Waals surface area contributed by atoms with E-state index in [9.17, 15) is 22.0 Å². The van der Waals surface area contributed by atoms with Gasteiger partial charge in [-0.15, -0.1) is 0 Å². The molecule has 1 aromatic rings. The Bertz CT molecular complexity index is 420. The molecule has 0 heterocycles. The number of hydrogen-bond acceptors (Lipinski definition) is 1. The Kier molecular flexibility index (Phi) is 4.05. The molecule has 0 saturated carbocycles. The average molecular weight is 339 g/mol. The topological polar surface area (TPSA) is 26.0 Å². The maximum atomic E-state index is 13.0. The van der Waals surface area contributed by atoms with Crippen LogP contribution in [-0.4, -0.2) is 12.1 Å². The highest BCUT2D eigenvalue weighted by molar-refractivity contribution is 9.10. The second-order valence-corrected chi connectivity index (χ2v) is 4.56. The molecule has 0 unspecified atom stereocenters. The maximum absolute atomic E-state index is 13.0. The van der Waals surface area contributed by atoms with Crippen LogP contribution in [0.4, 0.5) is 22.0 Å². The van der Waals surface area contributed by atoms with Crippen LogP contribution in [0.5, 0.6) is 0 Å². The highest BCUT2D eigenvalue weighted by atomic mass is 79.9. The lowest BCUT2D eigenvalue weighted by molar-refractivity contribution is -0.291. The molecule has 17 heavy (non-hydrogen) atoms. The van der Waals surface area contributed by atoms with E-state index in [2.05, 4.69) is 15.9 Å². The summed E-state index contributed by atoms with van der Waals surface area (Å²) in [6.45, 7) is 0. The Labute approximate surface area is 107 Å². The predicted molar refractivity (Wildman–Crippen MR) is 57.1 cm³/mol. The van der Waals surface area contributed by atoms with Gasteiger partial charge in [0, 0.05) is 9.50 Å². The van der Waals surface area contributed by atoms with Gasteiger partial charge in [-0.05, 0) is 23.8 Å². The molecule has 0 aliphatic carbocycles. The molecule has 0 aromatic heterocycles. The van der Waals surface area contributed by atoms with Gasteiger partial charge < -0.3 is 5.73 Å². The third kappa shape index (κ3) is 2.89. The molecule has 0 bridgehead atoms. The van der Waals surface area contributed by atoms with Crippen molar-refractivity contribution in [2.75, 3.05) is 0 Å². The van der Waals surface area contributed by atoms with Crippen molar-refractivity contribution in [1.82, 2.24) is 0 Å². The minimum atomic E-state index is -5.71. The van der Waals surface area contributed by atoms with Gasteiger partial charge in [-0.1, -0.05) is 27.5 Å². The van der Waals surface area contributed by atoms with Crippen LogP contribution in [0.25, 0.3) is 0 Å². The molecule has 1 aromatic carbocycles. The van der Waals surface area contributed by atoms with Gasteiger partial charge in [0.2, 0.25) is 0 Å². The largest absolute Gasteiger partial charge is 0.455 e. The van der Waals surface area contributed by atoms with Crippen LogP contribution in [0.1, 0.15) is 11.6 Å². The molecule has 2 N–H and O–H groups in total. The van der Waals surface area contributed by atoms with Gasteiger partial charge in [-0.2, -0.15) is 22.0 Å². The van der Waals surface area contributed by atoms with Gasteiger partial charge in [0.25, 0.3) is 0 Å². The van der Waals surface area contributed by atoms with Crippen LogP contribution in [-0.2, 0) is 0 Å². The van der Waals surface area contributed by atoms with Crippen molar-refractivity contribution < 1.29 is 22.0 Å². The van der Waals surface area contributed by atoms with Gasteiger partial charge in [0.05, 0.1) is 0 Å². The summed E-state index contributed by atoms with van der Waals surface area (Å²) >= 11 is 8.37. The summed E-state index contributed by atoms with van der Waals surface area (Å²) in [4.78, 5) is 0. The molecule has 96 valence electrons. The number of benzene rings is 1. The van der Waals surface area contributed by atoms with Crippen LogP contribution in [0.15, 0.2) is 22.7 Å². The van der Waals surface area contributed by atoms with Gasteiger partial charge in [0.15, 0.2) is 0 Å². The fourth-order valence-electron chi connectivity index (χ4n) is 1.12. The summed E-state index contributed by atoms with van der Waals surface area (Å²) in [6, 6.07) is 1.05. The van der Waals surface area contributed by atoms with Gasteiger partial charge in [-0.25, -0.2) is 0 Å². The van der Waals surface area contributed by atoms with E-state index in [1.165, 1.54) is 12.1 Å². The fourth-order valence-corrected chi connectivity index (χ4v) is 1.80. The van der Waals surface area contributed by atoms with Crippen molar-refractivity contribution in [1.29, 1.82) is 0 Å². The first-order chi connectivity index (χ1) is 7.57. The molecule has 1 rings (SSSR count). The second-order valence-electron chi connectivity index (χ2n) is 3.26. The van der Waals surface area contributed by atoms with Gasteiger partial charge in [-0.3, -0.25) is 0 Å². The van der Waals surface area contributed by atoms with E-state index in [1.807, 2.05) is 0 Å². The lowest BCUT2D eigenvalue weighted by Gasteiger charge is -2.26. The Morgan fingerprint density at radius 3 is 2.18 bits per heavy atom. The van der Waals surface area contributed by atoms with E-state index in [0.29, 0.717) is 0 Å². The summed E-state index contributed by atoms with van der Waals surface area (Å²) in [6.07, 6.45) is -5.71. The lowest BCUT2D eigenvalue weighted by Crippen LogP contribution is -2.46. The Morgan fingerprint density at radius 1 is 1.18 bits per heavy atom. The number of halogens is 7. The van der Waals surface area contributed by atoms with Crippen molar-refractivity contribution >= 4 is 27.5 Å². The van der Waals surface area contributed by atoms with Crippen LogP contribution in [0.3, 0.4) is 0 Å². The zero-order valence-corrected chi connectivity index (χ0v) is 10.4. The Morgan fingerprint density at radius 2 is 1.71 bits per heavy atom. The molecule has 0 fully saturated rings. The quantitative estimate of drug-likeness (QED) is 0.800. The minimum Gasteiger partial charge on any atom is -0.319 e. The molecule has 0 radical (unpaired) electrons. The van der Waals surface area contributed by atoms with E-state index < -0.39 is 23.7 Å². The molecule has 0 aliphatic rings. The van der Waals surface area contributed by atoms with Crippen LogP contribution in [0.2, 0.25) is 5.02 Å². The van der Waals surface area contributed by atoms with Crippen LogP contribution in [0, 0.1) is 0 Å². The summed E-state index contributed by atoms with van der Waals surface area (Å²) in [5.74, 6) is -5.03. The number of alkyl halides is 5. The molecule has 1 nitrogen and oxygen atoms in total. The molecular weight excluding hydrogens is 332 g/mol. The van der Waals surface area contributed by atoms with E-state index in [4.69, 9.17) is 17.3 Å². The summed E-state index contributed by atoms with van der Waals surface area (Å²) in [5.41, 5.74) is 4.57. The molecule has 0 spiro atoms. The highest BCUT2D eigenvalue weighted by Gasteiger charge is 2.61. The molecule has 8 heteroatoms. The van der Waals surface area contributed by atoms with Crippen molar-refractivity contribution in [3.05, 3.63) is 33.3 Å². The number of hydrogen-bond donors (Lipinski definition) is 1. The molecule has 1 atom stereocenters. The number of nitrogens with two attached hydrogens (primary N) is 1. The first kappa shape index (κ1) is 14.7. The predicted octanol–water partition coefficient (Wildman–Crippen LogP) is 4.30. The monoisotopic (exact) mass is 337 g/mol. The van der Waals surface area contributed by atoms with Crippen LogP contribution >= 0.6 is 27.5 Å². The molecule has 0 amide bonds. The lowest BCUT2D eigenvalue weighted by atomic mass is 10.0. The van der Waals surface area contributed by atoms with Gasteiger partial charge >= 0.3 is 12.1 Å². The van der Waals surface area contributed by atoms with Crippen molar-refractivity contribution in [2.45, 2.75) is 18.1 Å². The van der Waals surface area contributed by atoms with Crippen molar-refractivity contribution in [2.24, 2.45) is 5.73 Å². The van der Waals surface area contributed by atoms with Crippen LogP contribution < -0.4 is 5.73 Å². The zero-order valence-electron chi connectivity index (χ0n) is 8.03. The average Bonchev–Trinajstić information content (AvgIpc) is 2.19. The normalized spacial score (nSPS) is 14.8. The van der Waals surface area contributed by atoms with Crippen molar-refractivity contribution in [3.63, 3.8) is 0 Å². The first-order valence-electron chi connectivity index (χ1n) is 4.22. The minimum absolute atomic E-state index is 0.0247. The Balaban J connectivity index is 3.21. The highest BCUT2D eigenvalue weighted by Crippen LogP contribution is 2.44. The van der Waals surface area contributed by atoms with E-state index in [1.54, 1.807) is 0 Å². The first-order valence-corrected chi connectivity index (χ1v) is 5.39. The smallest absolute Gasteiger partial charge is 0.319 e. The third-order valence-electron chi connectivity index (χ3n) is 2.06. The van der Waals surface area contributed by atoms with Crippen molar-refractivity contribution in [3.8, 4) is 0 Å². The second kappa shape index (κ2) is 4.70. The summed E-state index contributed by atoms with van der Waals surface area (Å²) in [5, 5.41) is 0.0247. The van der Waals surface area contributed by atoms with Gasteiger partial charge in [0.1, 0.15) is 6.04 Å². The summed E-state index contributed by atoms with van der Waals surface area (Å²) in [7, 11) is 0. The maximum Gasteiger partial charge on any atom is 0.455 e. The fraction of sp³-hybridized carbons (Fsp3) is 0.333. The SMILES string of the molecule is N[C@H](c1cc(Cl)ccc1Br)C(F)(F)C(F)(F)F. The molecule has 0 aliphatic heterocycles. The van der Waals surface area contributed by atoms with E-state index in [0.717, 1.165) is 6.07 Å². The summed E-state index contributed by atoms with van der Waals surface area (Å²) < 4.78 is 62.4. The molecule has 0 saturated heterocycles. The standard InChI is InChI=1S/C9H6BrClF5N/c10-6-2-1-4(11)3-5(6)7(17)8(12,13)9(14,15)16/h1-3,7H,17H2/t7-/m1/s1. The third-order valence-corrected chi connectivity index (χ3v) is 3.02. The Hall–Kier alpha value is -0.400.